The highest BCUT2D eigenvalue weighted by atomic mass is 19.4. The van der Waals surface area contributed by atoms with Crippen LogP contribution in [-0.2, 0) is 23.8 Å². The lowest BCUT2D eigenvalue weighted by Crippen LogP contribution is -2.61. The van der Waals surface area contributed by atoms with E-state index >= 15 is 0 Å². The molecule has 1 rings (SSSR count). The van der Waals surface area contributed by atoms with Crippen LogP contribution >= 0.6 is 0 Å². The zero-order valence-electron chi connectivity index (χ0n) is 35.3. The molecule has 1 aliphatic heterocycles. The van der Waals surface area contributed by atoms with Gasteiger partial charge < -0.3 is 19.5 Å². The second-order valence-corrected chi connectivity index (χ2v) is 15.1. The van der Waals surface area contributed by atoms with Crippen LogP contribution in [0.25, 0.3) is 0 Å². The maximum absolute atomic E-state index is 12.6. The Morgan fingerprint density at radius 1 is 0.596 bits per heavy atom. The Bertz CT molecular complexity index is 1180. The lowest BCUT2D eigenvalue weighted by atomic mass is 10.1. The van der Waals surface area contributed by atoms with Crippen LogP contribution in [0.1, 0.15) is 155 Å². The summed E-state index contributed by atoms with van der Waals surface area (Å²) in [6.07, 6.45) is 38.4. The van der Waals surface area contributed by atoms with Crippen LogP contribution in [0.2, 0.25) is 0 Å². The van der Waals surface area contributed by atoms with Gasteiger partial charge in [-0.1, -0.05) is 126 Å². The van der Waals surface area contributed by atoms with E-state index in [9.17, 15) is 27.6 Å². The average Bonchev–Trinajstić information content (AvgIpc) is 3.16. The molecule has 0 aromatic heterocycles. The number of likely N-dealkylation sites (tertiary alicyclic amines) is 1. The Morgan fingerprint density at radius 3 is 1.49 bits per heavy atom. The largest absolute Gasteiger partial charge is 0.465 e. The average molecular weight is 809 g/mol. The lowest BCUT2D eigenvalue weighted by Gasteiger charge is -2.39. The van der Waals surface area contributed by atoms with Gasteiger partial charge in [0.15, 0.2) is 0 Å². The van der Waals surface area contributed by atoms with Gasteiger partial charge in [-0.15, -0.1) is 0 Å². The van der Waals surface area contributed by atoms with Crippen molar-refractivity contribution in [3.8, 4) is 0 Å². The number of amides is 1. The number of hydrogen-bond donors (Lipinski definition) is 1. The zero-order valence-corrected chi connectivity index (χ0v) is 35.3. The van der Waals surface area contributed by atoms with Crippen molar-refractivity contribution in [2.75, 3.05) is 39.5 Å². The second kappa shape index (κ2) is 35.8. The number of allylic oxidation sites excluding steroid dienone is 10. The van der Waals surface area contributed by atoms with Crippen LogP contribution in [0.5, 0.6) is 0 Å². The van der Waals surface area contributed by atoms with Gasteiger partial charge in [0.25, 0.3) is 0 Å². The zero-order chi connectivity index (χ0) is 41.7. The SMILES string of the molecule is CC/C=C\C/C=C\C/C=C\CCCCCCCC(=O)OCC(COC(=O)CCCCCCC/C=C\C/C=C\CCCCC)COC(=O)NC1CN(CC(F)(F)F)C1. The van der Waals surface area contributed by atoms with E-state index in [0.29, 0.717) is 12.8 Å². The van der Waals surface area contributed by atoms with E-state index in [0.717, 1.165) is 96.3 Å². The molecule has 0 aliphatic carbocycles. The number of nitrogens with zero attached hydrogens (tertiary/aromatic N) is 1. The van der Waals surface area contributed by atoms with Crippen molar-refractivity contribution >= 4 is 18.0 Å². The highest BCUT2D eigenvalue weighted by molar-refractivity contribution is 5.70. The van der Waals surface area contributed by atoms with E-state index in [1.165, 1.54) is 24.2 Å². The van der Waals surface area contributed by atoms with Gasteiger partial charge in [-0.05, 0) is 77.0 Å². The molecule has 0 aromatic carbocycles. The van der Waals surface area contributed by atoms with Crippen LogP contribution in [0, 0.1) is 5.92 Å². The number of halogens is 3. The predicted octanol–water partition coefficient (Wildman–Crippen LogP) is 12.1. The van der Waals surface area contributed by atoms with Gasteiger partial charge in [0.05, 0.1) is 18.5 Å². The topological polar surface area (TPSA) is 94.2 Å². The first-order chi connectivity index (χ1) is 27.6. The third-order valence-electron chi connectivity index (χ3n) is 9.46. The maximum Gasteiger partial charge on any atom is 0.407 e. The summed E-state index contributed by atoms with van der Waals surface area (Å²) < 4.78 is 54.0. The summed E-state index contributed by atoms with van der Waals surface area (Å²) in [6.45, 7) is 3.14. The summed E-state index contributed by atoms with van der Waals surface area (Å²) in [5.41, 5.74) is 0. The van der Waals surface area contributed by atoms with Gasteiger partial charge in [0.1, 0.15) is 19.8 Å². The molecule has 0 aromatic rings. The van der Waals surface area contributed by atoms with Crippen LogP contribution in [-0.4, -0.2) is 74.6 Å². The molecule has 1 fully saturated rings. The summed E-state index contributed by atoms with van der Waals surface area (Å²) in [6, 6.07) is -0.445. The number of ether oxygens (including phenoxy) is 3. The number of carbonyl (C=O) groups is 3. The standard InChI is InChI=1S/C46H75F3N2O6/c1-3-5-7-9-11-13-15-17-19-21-23-25-27-29-31-33-43(52)55-37-41(39-57-45(54)50-42-35-51(36-42)40-46(47,48)49)38-56-44(53)34-32-30-28-26-24-22-20-18-16-14-12-10-8-6-4-2/h5,7,11-14,17-20,41-42H,3-4,6,8-10,15-16,21-40H2,1-2H3,(H,50,54)/b7-5-,13-11-,14-12-,19-17-,20-18-. The highest BCUT2D eigenvalue weighted by Gasteiger charge is 2.37. The Hall–Kier alpha value is -3.34. The molecule has 1 atom stereocenters. The quantitative estimate of drug-likeness (QED) is 0.0295. The number of nitrogens with one attached hydrogen (secondary N) is 1. The molecule has 11 heteroatoms. The predicted molar refractivity (Wildman–Crippen MR) is 225 cm³/mol. The molecule has 0 spiro atoms. The van der Waals surface area contributed by atoms with E-state index < -0.39 is 30.8 Å². The number of rotatable bonds is 35. The molecule has 1 heterocycles. The Morgan fingerprint density at radius 2 is 1.02 bits per heavy atom. The number of carbonyl (C=O) groups excluding carboxylic acids is 3. The number of alkyl carbamates (subject to hydrolysis) is 1. The van der Waals surface area contributed by atoms with Gasteiger partial charge in [-0.2, -0.15) is 13.2 Å². The molecule has 1 N–H and O–H groups in total. The van der Waals surface area contributed by atoms with E-state index in [1.54, 1.807) is 0 Å². The first-order valence-electron chi connectivity index (χ1n) is 21.9. The molecule has 1 saturated heterocycles. The van der Waals surface area contributed by atoms with Crippen molar-refractivity contribution in [3.63, 3.8) is 0 Å². The first-order valence-corrected chi connectivity index (χ1v) is 21.9. The van der Waals surface area contributed by atoms with Crippen LogP contribution in [0.3, 0.4) is 0 Å². The van der Waals surface area contributed by atoms with Crippen molar-refractivity contribution in [2.45, 2.75) is 167 Å². The summed E-state index contributed by atoms with van der Waals surface area (Å²) in [5.74, 6) is -1.29. The maximum atomic E-state index is 12.6. The van der Waals surface area contributed by atoms with E-state index in [2.05, 4.69) is 79.9 Å². The number of alkyl halides is 3. The third kappa shape index (κ3) is 34.4. The first kappa shape index (κ1) is 51.7. The minimum absolute atomic E-state index is 0.0773. The molecule has 8 nitrogen and oxygen atoms in total. The Labute approximate surface area is 342 Å². The minimum Gasteiger partial charge on any atom is -0.465 e. The molecular formula is C46H75F3N2O6. The third-order valence-corrected chi connectivity index (χ3v) is 9.46. The van der Waals surface area contributed by atoms with Crippen LogP contribution in [0.4, 0.5) is 18.0 Å². The fourth-order valence-corrected chi connectivity index (χ4v) is 6.13. The van der Waals surface area contributed by atoms with E-state index in [1.807, 2.05) is 0 Å². The molecular weight excluding hydrogens is 734 g/mol. The Kier molecular flexibility index (Phi) is 32.5. The minimum atomic E-state index is -4.29. The normalized spacial score (nSPS) is 14.7. The van der Waals surface area contributed by atoms with Crippen molar-refractivity contribution < 1.29 is 41.8 Å². The van der Waals surface area contributed by atoms with Crippen LogP contribution in [0.15, 0.2) is 60.8 Å². The van der Waals surface area contributed by atoms with Crippen molar-refractivity contribution in [1.82, 2.24) is 10.2 Å². The molecule has 0 radical (unpaired) electrons. The summed E-state index contributed by atoms with van der Waals surface area (Å²) in [5, 5.41) is 2.56. The van der Waals surface area contributed by atoms with E-state index in [-0.39, 0.29) is 57.7 Å². The van der Waals surface area contributed by atoms with Gasteiger partial charge in [0.2, 0.25) is 0 Å². The molecule has 0 bridgehead atoms. The molecule has 1 amide bonds. The number of unbranched alkanes of at least 4 members (excludes halogenated alkanes) is 13. The highest BCUT2D eigenvalue weighted by Crippen LogP contribution is 2.20. The van der Waals surface area contributed by atoms with Gasteiger partial charge in [-0.25, -0.2) is 4.79 Å². The molecule has 1 unspecified atom stereocenters. The summed E-state index contributed by atoms with van der Waals surface area (Å²) >= 11 is 0. The monoisotopic (exact) mass is 809 g/mol. The van der Waals surface area contributed by atoms with Gasteiger partial charge in [0, 0.05) is 25.9 Å². The fraction of sp³-hybridized carbons (Fsp3) is 0.717. The molecule has 0 saturated carbocycles. The number of esters is 2. The van der Waals surface area contributed by atoms with Crippen molar-refractivity contribution in [3.05, 3.63) is 60.8 Å². The molecule has 57 heavy (non-hydrogen) atoms. The second-order valence-electron chi connectivity index (χ2n) is 15.1. The van der Waals surface area contributed by atoms with Crippen LogP contribution < -0.4 is 5.32 Å². The van der Waals surface area contributed by atoms with Gasteiger partial charge >= 0.3 is 24.2 Å². The Balaban J connectivity index is 2.31. The van der Waals surface area contributed by atoms with Crippen molar-refractivity contribution in [2.24, 2.45) is 5.92 Å². The summed E-state index contributed by atoms with van der Waals surface area (Å²) in [4.78, 5) is 38.5. The number of hydrogen-bond acceptors (Lipinski definition) is 7. The summed E-state index contributed by atoms with van der Waals surface area (Å²) in [7, 11) is 0. The fourth-order valence-electron chi connectivity index (χ4n) is 6.13. The molecule has 326 valence electrons. The smallest absolute Gasteiger partial charge is 0.407 e. The van der Waals surface area contributed by atoms with Crippen molar-refractivity contribution in [1.29, 1.82) is 0 Å². The van der Waals surface area contributed by atoms with Gasteiger partial charge in [-0.3, -0.25) is 14.5 Å². The van der Waals surface area contributed by atoms with E-state index in [4.69, 9.17) is 14.2 Å². The molecule has 1 aliphatic rings. The lowest BCUT2D eigenvalue weighted by molar-refractivity contribution is -0.155.